The van der Waals surface area contributed by atoms with Crippen LogP contribution in [0.5, 0.6) is 0 Å². The number of hydrogen-bond acceptors (Lipinski definition) is 2. The molecule has 0 N–H and O–H groups in total. The quantitative estimate of drug-likeness (QED) is 0.621. The molecule has 0 atom stereocenters. The molecule has 0 saturated carbocycles. The van der Waals surface area contributed by atoms with Gasteiger partial charge in [-0.3, -0.25) is 4.79 Å². The number of pyridine rings is 1. The van der Waals surface area contributed by atoms with Crippen LogP contribution in [0.25, 0.3) is 23.1 Å². The zero-order valence-electron chi connectivity index (χ0n) is 8.10. The molecule has 0 radical (unpaired) electrons. The Morgan fingerprint density at radius 1 is 1.20 bits per heavy atom. The number of ketones is 1. The van der Waals surface area contributed by atoms with Crippen LogP contribution >= 0.6 is 0 Å². The third kappa shape index (κ3) is 1.34. The van der Waals surface area contributed by atoms with E-state index in [9.17, 15) is 4.79 Å². The average Bonchev–Trinajstić information content (AvgIpc) is 2.26. The lowest BCUT2D eigenvalue weighted by Crippen LogP contribution is -2.32. The van der Waals surface area contributed by atoms with E-state index in [1.165, 1.54) is 0 Å². The van der Waals surface area contributed by atoms with Gasteiger partial charge in [0.25, 0.3) is 0 Å². The number of carbonyl (C=O) groups is 1. The molecule has 0 unspecified atom stereocenters. The first-order valence-electron chi connectivity index (χ1n) is 4.93. The summed E-state index contributed by atoms with van der Waals surface area (Å²) in [6.07, 6.45) is 4.06. The number of para-hydroxylation sites is 1. The first-order chi connectivity index (χ1) is 7.33. The number of Topliss-reactive ketones (excluding diaryl/α,β-unsaturated/α-hetero) is 1. The maximum Gasteiger partial charge on any atom is 0.161 e. The van der Waals surface area contributed by atoms with Gasteiger partial charge in [-0.1, -0.05) is 24.3 Å². The Morgan fingerprint density at radius 2 is 2.07 bits per heavy atom. The molecule has 1 aromatic heterocycles. The lowest BCUT2D eigenvalue weighted by Gasteiger charge is -2.01. The van der Waals surface area contributed by atoms with Crippen LogP contribution in [0.1, 0.15) is 6.42 Å². The summed E-state index contributed by atoms with van der Waals surface area (Å²) in [5, 5.41) is 2.98. The molecule has 1 aliphatic rings. The van der Waals surface area contributed by atoms with Gasteiger partial charge >= 0.3 is 0 Å². The minimum absolute atomic E-state index is 0.130. The van der Waals surface area contributed by atoms with E-state index >= 15 is 0 Å². The summed E-state index contributed by atoms with van der Waals surface area (Å²) in [6.45, 7) is 0. The van der Waals surface area contributed by atoms with Crippen molar-refractivity contribution in [3.63, 3.8) is 0 Å². The molecule has 0 saturated heterocycles. The molecule has 0 spiro atoms. The molecule has 0 bridgehead atoms. The zero-order chi connectivity index (χ0) is 10.3. The largest absolute Gasteiger partial charge is 0.294 e. The van der Waals surface area contributed by atoms with Crippen molar-refractivity contribution in [3.05, 3.63) is 40.9 Å². The summed E-state index contributed by atoms with van der Waals surface area (Å²) < 4.78 is 0. The van der Waals surface area contributed by atoms with Gasteiger partial charge in [0.2, 0.25) is 0 Å². The number of aromatic nitrogens is 1. The van der Waals surface area contributed by atoms with E-state index in [1.54, 1.807) is 6.08 Å². The van der Waals surface area contributed by atoms with Crippen molar-refractivity contribution in [2.45, 2.75) is 6.42 Å². The Bertz CT molecular complexity index is 670. The summed E-state index contributed by atoms with van der Waals surface area (Å²) in [4.78, 5) is 15.7. The first kappa shape index (κ1) is 8.36. The Morgan fingerprint density at radius 3 is 3.00 bits per heavy atom. The van der Waals surface area contributed by atoms with E-state index in [4.69, 9.17) is 0 Å². The molecule has 15 heavy (non-hydrogen) atoms. The van der Waals surface area contributed by atoms with Crippen molar-refractivity contribution in [3.8, 4) is 0 Å². The van der Waals surface area contributed by atoms with Gasteiger partial charge in [0, 0.05) is 17.9 Å². The highest BCUT2D eigenvalue weighted by atomic mass is 16.1. The lowest BCUT2D eigenvalue weighted by molar-refractivity contribution is -0.112. The molecule has 1 aromatic carbocycles. The second-order valence-electron chi connectivity index (χ2n) is 3.67. The molecule has 2 nitrogen and oxygen atoms in total. The van der Waals surface area contributed by atoms with Gasteiger partial charge < -0.3 is 0 Å². The standard InChI is InChI=1S/C13H9NO/c15-11-6-5-10-7-9-3-1-2-4-12(9)14-13(10)8-11/h1-5,7-8H,6H2. The Balaban J connectivity index is 2.49. The lowest BCUT2D eigenvalue weighted by atomic mass is 10.1. The molecular weight excluding hydrogens is 186 g/mol. The average molecular weight is 195 g/mol. The van der Waals surface area contributed by atoms with Crippen LogP contribution in [0, 0.1) is 0 Å². The maximum atomic E-state index is 11.2. The molecule has 0 aliphatic heterocycles. The zero-order valence-corrected chi connectivity index (χ0v) is 8.10. The SMILES string of the molecule is O=C1C=c2nc3ccccc3cc2=CC1. The Labute approximate surface area is 86.6 Å². The van der Waals surface area contributed by atoms with Gasteiger partial charge in [-0.2, -0.15) is 0 Å². The molecule has 2 heteroatoms. The summed E-state index contributed by atoms with van der Waals surface area (Å²) in [5.41, 5.74) is 0.940. The van der Waals surface area contributed by atoms with Gasteiger partial charge in [0.1, 0.15) is 0 Å². The number of benzene rings is 1. The number of rotatable bonds is 0. The predicted octanol–water partition coefficient (Wildman–Crippen LogP) is 0.769. The molecule has 2 aromatic rings. The highest BCUT2D eigenvalue weighted by Crippen LogP contribution is 2.06. The van der Waals surface area contributed by atoms with Crippen LogP contribution < -0.4 is 10.6 Å². The fourth-order valence-corrected chi connectivity index (χ4v) is 1.85. The predicted molar refractivity (Wildman–Crippen MR) is 59.5 cm³/mol. The summed E-state index contributed by atoms with van der Waals surface area (Å²) in [5.74, 6) is 0.130. The highest BCUT2D eigenvalue weighted by molar-refractivity contribution is 6.09. The van der Waals surface area contributed by atoms with Crippen molar-refractivity contribution in [1.82, 2.24) is 4.98 Å². The Hall–Kier alpha value is -1.96. The Kier molecular flexibility index (Phi) is 1.68. The third-order valence-electron chi connectivity index (χ3n) is 2.61. The third-order valence-corrected chi connectivity index (χ3v) is 2.61. The van der Waals surface area contributed by atoms with Crippen molar-refractivity contribution in [1.29, 1.82) is 0 Å². The van der Waals surface area contributed by atoms with Crippen LogP contribution in [0.15, 0.2) is 30.3 Å². The maximum absolute atomic E-state index is 11.2. The second kappa shape index (κ2) is 3.02. The van der Waals surface area contributed by atoms with Gasteiger partial charge in [-0.15, -0.1) is 0 Å². The molecule has 0 fully saturated rings. The number of fused-ring (bicyclic) bond motifs is 2. The minimum Gasteiger partial charge on any atom is -0.294 e. The van der Waals surface area contributed by atoms with Crippen LogP contribution in [-0.4, -0.2) is 10.8 Å². The van der Waals surface area contributed by atoms with Crippen molar-refractivity contribution in [2.75, 3.05) is 0 Å². The van der Waals surface area contributed by atoms with E-state index in [1.807, 2.05) is 30.3 Å². The topological polar surface area (TPSA) is 30.0 Å². The molecular formula is C13H9NO. The van der Waals surface area contributed by atoms with Crippen LogP contribution in [0.2, 0.25) is 0 Å². The normalized spacial score (nSPS) is 14.3. The van der Waals surface area contributed by atoms with E-state index < -0.39 is 0 Å². The summed E-state index contributed by atoms with van der Waals surface area (Å²) in [7, 11) is 0. The highest BCUT2D eigenvalue weighted by Gasteiger charge is 2.03. The second-order valence-corrected chi connectivity index (χ2v) is 3.67. The van der Waals surface area contributed by atoms with Gasteiger partial charge in [0.15, 0.2) is 5.78 Å². The van der Waals surface area contributed by atoms with Gasteiger partial charge in [-0.05, 0) is 17.4 Å². The summed E-state index contributed by atoms with van der Waals surface area (Å²) >= 11 is 0. The van der Waals surface area contributed by atoms with Gasteiger partial charge in [0.05, 0.1) is 10.9 Å². The van der Waals surface area contributed by atoms with E-state index in [0.29, 0.717) is 6.42 Å². The number of nitrogens with zero attached hydrogens (tertiary/aromatic N) is 1. The first-order valence-corrected chi connectivity index (χ1v) is 4.93. The monoisotopic (exact) mass is 195 g/mol. The molecule has 3 rings (SSSR count). The van der Waals surface area contributed by atoms with Crippen molar-refractivity contribution < 1.29 is 4.79 Å². The molecule has 1 aliphatic carbocycles. The fourth-order valence-electron chi connectivity index (χ4n) is 1.85. The van der Waals surface area contributed by atoms with E-state index in [0.717, 1.165) is 21.5 Å². The fraction of sp³-hybridized carbons (Fsp3) is 0.0769. The van der Waals surface area contributed by atoms with Crippen molar-refractivity contribution in [2.24, 2.45) is 0 Å². The van der Waals surface area contributed by atoms with Crippen LogP contribution in [0.4, 0.5) is 0 Å². The number of carbonyl (C=O) groups excluding carboxylic acids is 1. The smallest absolute Gasteiger partial charge is 0.161 e. The van der Waals surface area contributed by atoms with Crippen LogP contribution in [-0.2, 0) is 4.79 Å². The van der Waals surface area contributed by atoms with E-state index in [-0.39, 0.29) is 5.78 Å². The van der Waals surface area contributed by atoms with Gasteiger partial charge in [-0.25, -0.2) is 4.98 Å². The van der Waals surface area contributed by atoms with Crippen LogP contribution in [0.3, 0.4) is 0 Å². The summed E-state index contributed by atoms with van der Waals surface area (Å²) in [6, 6.07) is 10.0. The molecule has 1 heterocycles. The molecule has 72 valence electrons. The number of hydrogen-bond donors (Lipinski definition) is 0. The van der Waals surface area contributed by atoms with E-state index in [2.05, 4.69) is 11.1 Å². The molecule has 0 amide bonds. The minimum atomic E-state index is 0.130. The van der Waals surface area contributed by atoms with Crippen molar-refractivity contribution >= 4 is 28.8 Å².